The number of nitrogens with one attached hydrogen (secondary N) is 3. The third-order valence-electron chi connectivity index (χ3n) is 13.1. The summed E-state index contributed by atoms with van der Waals surface area (Å²) in [5.41, 5.74) is 8.43. The van der Waals surface area contributed by atoms with Crippen LogP contribution >= 0.6 is 7.82 Å². The lowest BCUT2D eigenvalue weighted by atomic mass is 10.1. The van der Waals surface area contributed by atoms with Gasteiger partial charge >= 0.3 is 11.9 Å². The molecule has 0 aliphatic rings. The zero-order valence-corrected chi connectivity index (χ0v) is 50.7. The van der Waals surface area contributed by atoms with E-state index in [2.05, 4.69) is 68.7 Å². The highest BCUT2D eigenvalue weighted by atomic mass is 31.2. The van der Waals surface area contributed by atoms with Crippen molar-refractivity contribution in [3.63, 3.8) is 0 Å². The number of allylic oxidation sites excluding steroid dienone is 4. The van der Waals surface area contributed by atoms with Crippen molar-refractivity contribution in [2.24, 2.45) is 0 Å². The normalized spacial score (nSPS) is 12.6. The standard InChI is InChI=1S/C60H98N7O13P.H3N/c1-3-5-7-9-11-13-15-17-19-21-23-25-27-29-31-33-55(70)76-45-52(80-56(71)34-32-30-28-26-24-22-20-18-16-14-12-10-8-6-4-2)46-79-81(72,73)78-40-39-62-53(68)47-74-41-42-75-48-54(69)63-43-50-35-37-51(38-36-50)44-77-59-57-58(65-49-64-57)66-60(61)67-59;/h17-20,35-38,49,52H,3-16,21-34,39-48H2,1-2H3,(H,62,68)(H,63,69)(H,72,73)(H3,61,64,65,66,67);1H3/b19-17-,20-18-;/t52-;/m1./s1. The van der Waals surface area contributed by atoms with Gasteiger partial charge in [0, 0.05) is 25.9 Å². The molecule has 0 saturated carbocycles. The van der Waals surface area contributed by atoms with E-state index in [4.69, 9.17) is 38.5 Å². The van der Waals surface area contributed by atoms with Gasteiger partial charge in [-0.1, -0.05) is 165 Å². The molecule has 0 fully saturated rings. The number of fused-ring (bicyclic) bond motifs is 1. The molecule has 464 valence electrons. The minimum absolute atomic E-state index is 0. The van der Waals surface area contributed by atoms with Crippen LogP contribution in [0.3, 0.4) is 0 Å². The zero-order valence-electron chi connectivity index (χ0n) is 49.8. The summed E-state index contributed by atoms with van der Waals surface area (Å²) in [5.74, 6) is -1.53. The van der Waals surface area contributed by atoms with E-state index < -0.39 is 45.0 Å². The Kier molecular flexibility index (Phi) is 42.7. The molecule has 2 atom stereocenters. The van der Waals surface area contributed by atoms with Crippen molar-refractivity contribution in [1.29, 1.82) is 0 Å². The molecule has 0 aliphatic carbocycles. The first-order valence-electron chi connectivity index (χ1n) is 30.1. The number of hydrogen-bond acceptors (Lipinski definition) is 17. The molecule has 82 heavy (non-hydrogen) atoms. The summed E-state index contributed by atoms with van der Waals surface area (Å²) in [7, 11) is -4.92. The number of nitrogens with zero attached hydrogens (tertiary/aromatic N) is 3. The van der Waals surface area contributed by atoms with Crippen LogP contribution in [0.5, 0.6) is 5.88 Å². The maximum absolute atomic E-state index is 12.9. The first-order valence-corrected chi connectivity index (χ1v) is 31.5. The quantitative estimate of drug-likeness (QED) is 0.0152. The van der Waals surface area contributed by atoms with E-state index in [0.29, 0.717) is 29.9 Å². The summed E-state index contributed by atoms with van der Waals surface area (Å²) in [5, 5.41) is 5.26. The Morgan fingerprint density at radius 3 is 1.70 bits per heavy atom. The van der Waals surface area contributed by atoms with Crippen LogP contribution in [0.1, 0.15) is 205 Å². The van der Waals surface area contributed by atoms with Crippen LogP contribution in [0.2, 0.25) is 0 Å². The monoisotopic (exact) mass is 1170 g/mol. The molecule has 9 N–H and O–H groups in total. The number of benzene rings is 1. The topological polar surface area (TPSA) is 314 Å². The minimum atomic E-state index is -4.92. The number of phosphoric acid groups is 1. The number of carbonyl (C=O) groups is 4. The van der Waals surface area contributed by atoms with Gasteiger partial charge in [-0.15, -0.1) is 0 Å². The molecule has 3 aromatic rings. The Morgan fingerprint density at radius 2 is 1.13 bits per heavy atom. The highest BCUT2D eigenvalue weighted by molar-refractivity contribution is 7.45. The molecule has 0 radical (unpaired) electrons. The highest BCUT2D eigenvalue weighted by Gasteiger charge is 2.21. The lowest BCUT2D eigenvalue weighted by Crippen LogP contribution is -2.32. The summed E-state index contributed by atoms with van der Waals surface area (Å²) in [6.45, 7) is 2.87. The number of anilines is 1. The smallest absolute Gasteiger partial charge is 0.306 e. The molecule has 0 aliphatic heterocycles. The summed E-state index contributed by atoms with van der Waals surface area (Å²) in [6.07, 6.45) is 39.2. The molecule has 22 heteroatoms. The van der Waals surface area contributed by atoms with Gasteiger partial charge in [0.05, 0.1) is 32.8 Å². The van der Waals surface area contributed by atoms with Crippen LogP contribution < -0.4 is 32.1 Å². The van der Waals surface area contributed by atoms with Gasteiger partial charge in [-0.3, -0.25) is 23.7 Å². The van der Waals surface area contributed by atoms with E-state index in [9.17, 15) is 28.6 Å². The predicted octanol–water partition coefficient (Wildman–Crippen LogP) is 11.7. The molecular weight excluding hydrogens is 1070 g/mol. The van der Waals surface area contributed by atoms with E-state index in [0.717, 1.165) is 88.2 Å². The number of aromatic nitrogens is 4. The largest absolute Gasteiger partial charge is 0.756 e. The molecule has 1 unspecified atom stereocenters. The van der Waals surface area contributed by atoms with Crippen LogP contribution in [0.4, 0.5) is 5.95 Å². The van der Waals surface area contributed by atoms with Crippen molar-refractivity contribution in [3.05, 3.63) is 66.0 Å². The molecular formula is C60H101N8O13P. The Hall–Kier alpha value is -5.28. The van der Waals surface area contributed by atoms with Crippen LogP contribution in [0.25, 0.3) is 11.2 Å². The zero-order chi connectivity index (χ0) is 58.3. The van der Waals surface area contributed by atoms with Crippen molar-refractivity contribution in [1.82, 2.24) is 36.7 Å². The van der Waals surface area contributed by atoms with Crippen LogP contribution in [-0.4, -0.2) is 103 Å². The second kappa shape index (κ2) is 48.1. The number of amides is 2. The molecule has 2 aromatic heterocycles. The Labute approximate surface area is 488 Å². The van der Waals surface area contributed by atoms with Gasteiger partial charge in [0.25, 0.3) is 7.82 Å². The van der Waals surface area contributed by atoms with Gasteiger partial charge in [-0.25, -0.2) is 4.98 Å². The second-order valence-electron chi connectivity index (χ2n) is 20.4. The lowest BCUT2D eigenvalue weighted by molar-refractivity contribution is -0.228. The van der Waals surface area contributed by atoms with Crippen molar-refractivity contribution >= 4 is 48.7 Å². The van der Waals surface area contributed by atoms with Gasteiger partial charge < -0.3 is 65.1 Å². The first-order chi connectivity index (χ1) is 39.5. The highest BCUT2D eigenvalue weighted by Crippen LogP contribution is 2.38. The van der Waals surface area contributed by atoms with E-state index >= 15 is 0 Å². The van der Waals surface area contributed by atoms with Crippen LogP contribution in [0, 0.1) is 0 Å². The first kappa shape index (κ1) is 72.8. The van der Waals surface area contributed by atoms with Gasteiger partial charge in [0.15, 0.2) is 11.8 Å². The number of quaternary nitrogens is 1. The maximum atomic E-state index is 12.9. The number of nitrogen functional groups attached to an aromatic ring is 1. The third kappa shape index (κ3) is 38.5. The van der Waals surface area contributed by atoms with Gasteiger partial charge in [0.2, 0.25) is 23.6 Å². The van der Waals surface area contributed by atoms with E-state index in [-0.39, 0.29) is 83.6 Å². The van der Waals surface area contributed by atoms with Crippen molar-refractivity contribution in [2.75, 3.05) is 58.5 Å². The Bertz CT molecular complexity index is 2250. The Morgan fingerprint density at radius 1 is 0.634 bits per heavy atom. The average Bonchev–Trinajstić information content (AvgIpc) is 3.95. The van der Waals surface area contributed by atoms with Crippen molar-refractivity contribution < 1.29 is 61.4 Å². The summed E-state index contributed by atoms with van der Waals surface area (Å²) < 4.78 is 50.1. The Balaban J connectivity index is 0.0000230. The fourth-order valence-electron chi connectivity index (χ4n) is 8.44. The number of hydrogen-bond donors (Lipinski definition) is 5. The molecule has 3 rings (SSSR count). The maximum Gasteiger partial charge on any atom is 0.306 e. The number of aromatic amines is 1. The van der Waals surface area contributed by atoms with E-state index in [1.54, 1.807) is 0 Å². The number of ether oxygens (including phenoxy) is 5. The fraction of sp³-hybridized carbons (Fsp3) is 0.683. The number of imidazole rings is 1. The molecule has 21 nitrogen and oxygen atoms in total. The SMILES string of the molecule is CCCCCCCC/C=C\CCCCCCCC(=O)OC[C@H](COP(=O)([O-])OCCNC(=O)COCCOCC(=O)NCc1ccc(COc2nc(N)nc3nc[nH]c23)cc1)OC(=O)CCCCCCC/C=C\CCCCCCCC.[NH4+]. The molecule has 2 amide bonds. The van der Waals surface area contributed by atoms with Gasteiger partial charge in [-0.2, -0.15) is 9.97 Å². The number of nitrogens with two attached hydrogens (primary N) is 1. The van der Waals surface area contributed by atoms with E-state index in [1.807, 2.05) is 24.3 Å². The summed E-state index contributed by atoms with van der Waals surface area (Å²) in [6, 6.07) is 7.45. The average molecular weight is 1170 g/mol. The van der Waals surface area contributed by atoms with Crippen LogP contribution in [-0.2, 0) is 64.9 Å². The number of unbranched alkanes of at least 4 members (excludes halogenated alkanes) is 22. The van der Waals surface area contributed by atoms with Crippen LogP contribution in [0.15, 0.2) is 54.9 Å². The van der Waals surface area contributed by atoms with Crippen molar-refractivity contribution in [2.45, 2.75) is 213 Å². The molecule has 0 spiro atoms. The number of rotatable bonds is 52. The number of H-pyrrole nitrogens is 1. The number of carbonyl (C=O) groups excluding carboxylic acids is 4. The second-order valence-corrected chi connectivity index (χ2v) is 21.8. The predicted molar refractivity (Wildman–Crippen MR) is 319 cm³/mol. The lowest BCUT2D eigenvalue weighted by Gasteiger charge is -2.25. The summed E-state index contributed by atoms with van der Waals surface area (Å²) >= 11 is 0. The third-order valence-corrected chi connectivity index (χ3v) is 14.1. The molecule has 0 saturated heterocycles. The molecule has 1 aromatic carbocycles. The van der Waals surface area contributed by atoms with E-state index in [1.165, 1.54) is 83.4 Å². The summed E-state index contributed by atoms with van der Waals surface area (Å²) in [4.78, 5) is 78.0. The molecule has 0 bridgehead atoms. The molecule has 2 heterocycles. The minimum Gasteiger partial charge on any atom is -0.756 e. The van der Waals surface area contributed by atoms with Gasteiger partial charge in [0.1, 0.15) is 31.9 Å². The number of esters is 2. The number of phosphoric ester groups is 1. The van der Waals surface area contributed by atoms with Gasteiger partial charge in [-0.05, 0) is 75.3 Å². The fourth-order valence-corrected chi connectivity index (χ4v) is 9.18. The van der Waals surface area contributed by atoms with Crippen molar-refractivity contribution in [3.8, 4) is 5.88 Å².